The van der Waals surface area contributed by atoms with E-state index in [0.717, 1.165) is 17.2 Å². The Morgan fingerprint density at radius 2 is 1.86 bits per heavy atom. The highest BCUT2D eigenvalue weighted by Gasteiger charge is 2.19. The van der Waals surface area contributed by atoms with Crippen LogP contribution < -0.4 is 10.6 Å². The van der Waals surface area contributed by atoms with Crippen molar-refractivity contribution in [3.05, 3.63) is 63.2 Å². The lowest BCUT2D eigenvalue weighted by molar-refractivity contribution is -0.384. The van der Waals surface area contributed by atoms with E-state index < -0.39 is 23.4 Å². The number of hydrogen-bond donors (Lipinski definition) is 2. The smallest absolute Gasteiger partial charge is 0.338 e. The largest absolute Gasteiger partial charge is 0.452 e. The van der Waals surface area contributed by atoms with Gasteiger partial charge in [-0.05, 0) is 49.2 Å². The van der Waals surface area contributed by atoms with E-state index in [2.05, 4.69) is 10.6 Å². The third kappa shape index (κ3) is 6.28. The Balaban J connectivity index is 1.98. The van der Waals surface area contributed by atoms with Crippen molar-refractivity contribution in [1.82, 2.24) is 0 Å². The molecule has 2 aromatic carbocycles. The van der Waals surface area contributed by atoms with Crippen molar-refractivity contribution in [2.75, 3.05) is 37.5 Å². The van der Waals surface area contributed by atoms with Crippen molar-refractivity contribution >= 4 is 28.9 Å². The van der Waals surface area contributed by atoms with Crippen LogP contribution in [-0.4, -0.2) is 43.7 Å². The molecule has 9 heteroatoms. The van der Waals surface area contributed by atoms with E-state index in [-0.39, 0.29) is 16.9 Å². The van der Waals surface area contributed by atoms with Crippen LogP contribution in [0.15, 0.2) is 36.4 Å². The standard InChI is InChI=1S/C20H23N3O6/c1-13-4-6-16(10-14(13)2)22-19(24)12-29-20(25)15-5-7-17(21-8-9-28-3)18(11-15)23(26)27/h4-7,10-11,21H,8-9,12H2,1-3H3,(H,22,24). The topological polar surface area (TPSA) is 120 Å². The zero-order chi connectivity index (χ0) is 21.4. The van der Waals surface area contributed by atoms with Crippen molar-refractivity contribution in [3.63, 3.8) is 0 Å². The zero-order valence-electron chi connectivity index (χ0n) is 16.5. The fourth-order valence-corrected chi connectivity index (χ4v) is 2.48. The molecule has 0 atom stereocenters. The molecule has 0 bridgehead atoms. The molecule has 0 radical (unpaired) electrons. The van der Waals surface area contributed by atoms with Gasteiger partial charge in [-0.15, -0.1) is 0 Å². The number of nitro groups is 1. The van der Waals surface area contributed by atoms with Crippen LogP contribution in [0.3, 0.4) is 0 Å². The van der Waals surface area contributed by atoms with Gasteiger partial charge in [-0.3, -0.25) is 14.9 Å². The molecule has 0 unspecified atom stereocenters. The van der Waals surface area contributed by atoms with Crippen molar-refractivity contribution in [2.45, 2.75) is 13.8 Å². The van der Waals surface area contributed by atoms with Gasteiger partial charge in [-0.25, -0.2) is 4.79 Å². The molecule has 2 rings (SSSR count). The van der Waals surface area contributed by atoms with Crippen molar-refractivity contribution < 1.29 is 24.0 Å². The van der Waals surface area contributed by atoms with Gasteiger partial charge in [0.15, 0.2) is 6.61 Å². The van der Waals surface area contributed by atoms with Crippen LogP contribution in [0.2, 0.25) is 0 Å². The molecule has 0 spiro atoms. The Morgan fingerprint density at radius 1 is 1.10 bits per heavy atom. The maximum Gasteiger partial charge on any atom is 0.338 e. The Hall–Kier alpha value is -3.46. The number of nitro benzene ring substituents is 1. The number of hydrogen-bond acceptors (Lipinski definition) is 7. The van der Waals surface area contributed by atoms with Gasteiger partial charge in [0, 0.05) is 25.4 Å². The number of aryl methyl sites for hydroxylation is 2. The number of rotatable bonds is 9. The van der Waals surface area contributed by atoms with Gasteiger partial charge >= 0.3 is 5.97 Å². The fraction of sp³-hybridized carbons (Fsp3) is 0.300. The Kier molecular flexibility index (Phi) is 7.67. The molecular weight excluding hydrogens is 378 g/mol. The van der Waals surface area contributed by atoms with Crippen LogP contribution in [-0.2, 0) is 14.3 Å². The molecule has 0 saturated heterocycles. The van der Waals surface area contributed by atoms with Gasteiger partial charge < -0.3 is 20.1 Å². The molecule has 29 heavy (non-hydrogen) atoms. The highest BCUT2D eigenvalue weighted by Crippen LogP contribution is 2.25. The predicted molar refractivity (Wildman–Crippen MR) is 108 cm³/mol. The van der Waals surface area contributed by atoms with Crippen molar-refractivity contribution in [3.8, 4) is 0 Å². The number of nitrogens with one attached hydrogen (secondary N) is 2. The summed E-state index contributed by atoms with van der Waals surface area (Å²) in [6, 6.07) is 9.36. The highest BCUT2D eigenvalue weighted by molar-refractivity contribution is 5.96. The van der Waals surface area contributed by atoms with Crippen LogP contribution in [0, 0.1) is 24.0 Å². The minimum atomic E-state index is -0.827. The van der Waals surface area contributed by atoms with E-state index in [1.165, 1.54) is 19.2 Å². The summed E-state index contributed by atoms with van der Waals surface area (Å²) in [6.07, 6.45) is 0. The Labute approximate surface area is 168 Å². The molecule has 9 nitrogen and oxygen atoms in total. The van der Waals surface area contributed by atoms with Crippen LogP contribution >= 0.6 is 0 Å². The molecule has 0 fully saturated rings. The van der Waals surface area contributed by atoms with E-state index in [4.69, 9.17) is 9.47 Å². The molecule has 0 aromatic heterocycles. The molecule has 0 aliphatic carbocycles. The van der Waals surface area contributed by atoms with Gasteiger partial charge in [-0.2, -0.15) is 0 Å². The quantitative estimate of drug-likeness (QED) is 0.287. The minimum absolute atomic E-state index is 0.0204. The maximum absolute atomic E-state index is 12.2. The molecule has 2 N–H and O–H groups in total. The first-order chi connectivity index (χ1) is 13.8. The van der Waals surface area contributed by atoms with Crippen LogP contribution in [0.4, 0.5) is 17.1 Å². The second-order valence-corrected chi connectivity index (χ2v) is 6.33. The zero-order valence-corrected chi connectivity index (χ0v) is 16.5. The molecule has 0 saturated carbocycles. The Morgan fingerprint density at radius 3 is 2.52 bits per heavy atom. The number of methoxy groups -OCH3 is 1. The first kappa shape index (κ1) is 21.8. The number of esters is 1. The predicted octanol–water partition coefficient (Wildman–Crippen LogP) is 3.07. The molecule has 154 valence electrons. The van der Waals surface area contributed by atoms with E-state index in [9.17, 15) is 19.7 Å². The molecule has 0 aliphatic rings. The summed E-state index contributed by atoms with van der Waals surface area (Å²) in [5.41, 5.74) is 2.68. The van der Waals surface area contributed by atoms with E-state index in [0.29, 0.717) is 18.8 Å². The van der Waals surface area contributed by atoms with Crippen molar-refractivity contribution in [1.29, 1.82) is 0 Å². The molecule has 0 aliphatic heterocycles. The van der Waals surface area contributed by atoms with Crippen molar-refractivity contribution in [2.24, 2.45) is 0 Å². The normalized spacial score (nSPS) is 10.3. The van der Waals surface area contributed by atoms with Gasteiger partial charge in [0.1, 0.15) is 5.69 Å². The van der Waals surface area contributed by atoms with Gasteiger partial charge in [0.2, 0.25) is 0 Å². The number of amides is 1. The summed E-state index contributed by atoms with van der Waals surface area (Å²) < 4.78 is 9.87. The lowest BCUT2D eigenvalue weighted by atomic mass is 10.1. The van der Waals surface area contributed by atoms with Crippen LogP contribution in [0.25, 0.3) is 0 Å². The van der Waals surface area contributed by atoms with E-state index in [1.54, 1.807) is 6.07 Å². The van der Waals surface area contributed by atoms with Gasteiger partial charge in [0.25, 0.3) is 11.6 Å². The summed E-state index contributed by atoms with van der Waals surface area (Å²) in [5.74, 6) is -1.33. The Bertz CT molecular complexity index is 913. The monoisotopic (exact) mass is 401 g/mol. The lowest BCUT2D eigenvalue weighted by Gasteiger charge is -2.10. The van der Waals surface area contributed by atoms with Crippen LogP contribution in [0.5, 0.6) is 0 Å². The number of anilines is 2. The molecular formula is C20H23N3O6. The van der Waals surface area contributed by atoms with E-state index in [1.807, 2.05) is 26.0 Å². The van der Waals surface area contributed by atoms with Crippen LogP contribution in [0.1, 0.15) is 21.5 Å². The maximum atomic E-state index is 12.2. The number of carbonyl (C=O) groups excluding carboxylic acids is 2. The average Bonchev–Trinajstić information content (AvgIpc) is 2.69. The minimum Gasteiger partial charge on any atom is -0.452 e. The summed E-state index contributed by atoms with van der Waals surface area (Å²) in [7, 11) is 1.52. The molecule has 0 heterocycles. The molecule has 1 amide bonds. The lowest BCUT2D eigenvalue weighted by Crippen LogP contribution is -2.21. The van der Waals surface area contributed by atoms with Gasteiger partial charge in [0.05, 0.1) is 17.1 Å². The third-order valence-corrected chi connectivity index (χ3v) is 4.18. The second-order valence-electron chi connectivity index (χ2n) is 6.33. The summed E-state index contributed by atoms with van der Waals surface area (Å²) in [5, 5.41) is 16.8. The number of benzene rings is 2. The summed E-state index contributed by atoms with van der Waals surface area (Å²) in [6.45, 7) is 4.12. The number of nitrogens with zero attached hydrogens (tertiary/aromatic N) is 1. The number of carbonyl (C=O) groups is 2. The molecule has 2 aromatic rings. The average molecular weight is 401 g/mol. The first-order valence-electron chi connectivity index (χ1n) is 8.87. The SMILES string of the molecule is COCCNc1ccc(C(=O)OCC(=O)Nc2ccc(C)c(C)c2)cc1[N+](=O)[O-]. The first-order valence-corrected chi connectivity index (χ1v) is 8.87. The van der Waals surface area contributed by atoms with Gasteiger partial charge in [-0.1, -0.05) is 6.07 Å². The summed E-state index contributed by atoms with van der Waals surface area (Å²) >= 11 is 0. The number of ether oxygens (including phenoxy) is 2. The van der Waals surface area contributed by atoms with E-state index >= 15 is 0 Å². The summed E-state index contributed by atoms with van der Waals surface area (Å²) in [4.78, 5) is 34.9. The highest BCUT2D eigenvalue weighted by atomic mass is 16.6. The second kappa shape index (κ2) is 10.2. The fourth-order valence-electron chi connectivity index (χ4n) is 2.48. The third-order valence-electron chi connectivity index (χ3n) is 4.18.